The van der Waals surface area contributed by atoms with Gasteiger partial charge in [0.2, 0.25) is 5.43 Å². The Kier molecular flexibility index (Phi) is 6.92. The van der Waals surface area contributed by atoms with Crippen LogP contribution in [0.2, 0.25) is 0 Å². The van der Waals surface area contributed by atoms with E-state index >= 15 is 0 Å². The van der Waals surface area contributed by atoms with Crippen molar-refractivity contribution in [3.63, 3.8) is 0 Å². The van der Waals surface area contributed by atoms with E-state index in [-0.39, 0.29) is 17.1 Å². The molecule has 190 valence electrons. The van der Waals surface area contributed by atoms with Gasteiger partial charge >= 0.3 is 6.36 Å². The molecule has 0 atom stereocenters. The quantitative estimate of drug-likeness (QED) is 0.248. The lowest BCUT2D eigenvalue weighted by atomic mass is 10.1. The maximum atomic E-state index is 13.4. The fraction of sp³-hybridized carbons (Fsp3) is 0.0800. The number of allylic oxidation sites excluding steroid dienone is 1. The molecule has 0 bridgehead atoms. The molecule has 4 rings (SSSR count). The van der Waals surface area contributed by atoms with E-state index in [9.17, 15) is 26.7 Å². The maximum absolute atomic E-state index is 13.4. The summed E-state index contributed by atoms with van der Waals surface area (Å²) in [5.74, 6) is -2.44. The van der Waals surface area contributed by atoms with Gasteiger partial charge in [-0.3, -0.25) is 4.79 Å². The van der Waals surface area contributed by atoms with E-state index < -0.39 is 29.2 Å². The molecule has 0 spiro atoms. The number of hydrogen-bond donors (Lipinski definition) is 2. The van der Waals surface area contributed by atoms with E-state index in [1.807, 2.05) is 0 Å². The lowest BCUT2D eigenvalue weighted by Gasteiger charge is -2.15. The standard InChI is InChI=1S/C25H18F5N5O2/c1-15-11-17(34-13-19(26)20(27)14-34)5-6-22(15)35-10-8-23(36)24(33-35)21(7-9-31)32-16-3-2-4-18(12-16)37-25(28,29)30/h2-14,31-32H,1H3/b21-7-,31-9?. The third-order valence-electron chi connectivity index (χ3n) is 5.12. The molecule has 0 radical (unpaired) electrons. The third-order valence-corrected chi connectivity index (χ3v) is 5.12. The van der Waals surface area contributed by atoms with E-state index in [4.69, 9.17) is 5.41 Å². The zero-order chi connectivity index (χ0) is 26.7. The van der Waals surface area contributed by atoms with Gasteiger partial charge in [-0.1, -0.05) is 6.07 Å². The van der Waals surface area contributed by atoms with Crippen LogP contribution in [0.1, 0.15) is 11.3 Å². The average molecular weight is 515 g/mol. The first-order valence-corrected chi connectivity index (χ1v) is 10.6. The van der Waals surface area contributed by atoms with Gasteiger partial charge in [0, 0.05) is 48.3 Å². The number of aromatic nitrogens is 3. The Labute approximate surface area is 206 Å². The van der Waals surface area contributed by atoms with Crippen LogP contribution in [0, 0.1) is 24.0 Å². The number of nitrogens with zero attached hydrogens (tertiary/aromatic N) is 3. The molecule has 2 aromatic heterocycles. The fourth-order valence-corrected chi connectivity index (χ4v) is 3.53. The van der Waals surface area contributed by atoms with E-state index in [2.05, 4.69) is 15.2 Å². The molecular weight excluding hydrogens is 497 g/mol. The first-order chi connectivity index (χ1) is 17.5. The number of hydrogen-bond acceptors (Lipinski definition) is 5. The highest BCUT2D eigenvalue weighted by atomic mass is 19.4. The van der Waals surface area contributed by atoms with Crippen LogP contribution in [0.15, 0.2) is 78.0 Å². The Morgan fingerprint density at radius 1 is 1.08 bits per heavy atom. The van der Waals surface area contributed by atoms with Crippen molar-refractivity contribution in [1.29, 1.82) is 5.41 Å². The second-order valence-corrected chi connectivity index (χ2v) is 7.75. The van der Waals surface area contributed by atoms with E-state index in [0.717, 1.165) is 30.7 Å². The van der Waals surface area contributed by atoms with Crippen LogP contribution in [0.4, 0.5) is 27.6 Å². The first-order valence-electron chi connectivity index (χ1n) is 10.6. The van der Waals surface area contributed by atoms with Crippen molar-refractivity contribution in [2.75, 3.05) is 5.32 Å². The average Bonchev–Trinajstić information content (AvgIpc) is 3.16. The van der Waals surface area contributed by atoms with Crippen LogP contribution in [-0.4, -0.2) is 26.9 Å². The van der Waals surface area contributed by atoms with Crippen molar-refractivity contribution in [2.24, 2.45) is 0 Å². The van der Waals surface area contributed by atoms with Gasteiger partial charge < -0.3 is 20.0 Å². The minimum Gasteiger partial charge on any atom is -0.406 e. The van der Waals surface area contributed by atoms with Gasteiger partial charge in [0.15, 0.2) is 17.3 Å². The monoisotopic (exact) mass is 515 g/mol. The molecule has 2 aromatic carbocycles. The van der Waals surface area contributed by atoms with Gasteiger partial charge in [0.25, 0.3) is 0 Å². The lowest BCUT2D eigenvalue weighted by Crippen LogP contribution is -2.19. The molecule has 37 heavy (non-hydrogen) atoms. The number of anilines is 1. The number of aryl methyl sites for hydroxylation is 1. The number of rotatable bonds is 7. The molecule has 4 aromatic rings. The van der Waals surface area contributed by atoms with Gasteiger partial charge in [-0.2, -0.15) is 5.10 Å². The highest BCUT2D eigenvalue weighted by Crippen LogP contribution is 2.26. The Morgan fingerprint density at radius 3 is 2.46 bits per heavy atom. The summed E-state index contributed by atoms with van der Waals surface area (Å²) in [6, 6.07) is 11.2. The summed E-state index contributed by atoms with van der Waals surface area (Å²) in [4.78, 5) is 12.6. The minimum absolute atomic E-state index is 0.0612. The van der Waals surface area contributed by atoms with Crippen LogP contribution in [0.25, 0.3) is 17.1 Å². The zero-order valence-corrected chi connectivity index (χ0v) is 19.1. The Morgan fingerprint density at radius 2 is 1.81 bits per heavy atom. The van der Waals surface area contributed by atoms with Crippen LogP contribution in [0.5, 0.6) is 5.75 Å². The van der Waals surface area contributed by atoms with Crippen molar-refractivity contribution in [2.45, 2.75) is 13.3 Å². The molecule has 7 nitrogen and oxygen atoms in total. The summed E-state index contributed by atoms with van der Waals surface area (Å²) < 4.78 is 71.2. The number of ether oxygens (including phenoxy) is 1. The van der Waals surface area contributed by atoms with Crippen molar-refractivity contribution in [3.05, 3.63) is 106 Å². The predicted molar refractivity (Wildman–Crippen MR) is 127 cm³/mol. The Balaban J connectivity index is 1.67. The third kappa shape index (κ3) is 5.92. The normalized spacial score (nSPS) is 11.9. The van der Waals surface area contributed by atoms with Crippen molar-refractivity contribution in [1.82, 2.24) is 14.3 Å². The van der Waals surface area contributed by atoms with Gasteiger partial charge in [-0.15, -0.1) is 13.2 Å². The van der Waals surface area contributed by atoms with Crippen LogP contribution in [-0.2, 0) is 0 Å². The summed E-state index contributed by atoms with van der Waals surface area (Å²) in [7, 11) is 0. The summed E-state index contributed by atoms with van der Waals surface area (Å²) in [6.45, 7) is 1.74. The summed E-state index contributed by atoms with van der Waals surface area (Å²) in [5, 5.41) is 14.6. The maximum Gasteiger partial charge on any atom is 0.573 e. The summed E-state index contributed by atoms with van der Waals surface area (Å²) in [5.41, 5.74) is 1.32. The number of benzene rings is 2. The van der Waals surface area contributed by atoms with Crippen molar-refractivity contribution < 1.29 is 26.7 Å². The molecule has 2 heterocycles. The minimum atomic E-state index is -4.88. The topological polar surface area (TPSA) is 84.9 Å². The second-order valence-electron chi connectivity index (χ2n) is 7.75. The molecule has 0 saturated heterocycles. The summed E-state index contributed by atoms with van der Waals surface area (Å²) in [6.07, 6.45) is 0.687. The first kappa shape index (κ1) is 25.4. The number of nitrogens with one attached hydrogen (secondary N) is 2. The molecular formula is C25H18F5N5O2. The molecule has 12 heteroatoms. The highest BCUT2D eigenvalue weighted by Gasteiger charge is 2.31. The molecule has 0 unspecified atom stereocenters. The Hall–Kier alpha value is -4.74. The Bertz CT molecular complexity index is 1540. The van der Waals surface area contributed by atoms with Crippen molar-refractivity contribution in [3.8, 4) is 17.1 Å². The number of halogens is 5. The van der Waals surface area contributed by atoms with Crippen molar-refractivity contribution >= 4 is 17.6 Å². The zero-order valence-electron chi connectivity index (χ0n) is 19.1. The molecule has 0 fully saturated rings. The summed E-state index contributed by atoms with van der Waals surface area (Å²) >= 11 is 0. The van der Waals surface area contributed by atoms with Gasteiger partial charge in [-0.05, 0) is 48.9 Å². The highest BCUT2D eigenvalue weighted by molar-refractivity contribution is 5.87. The molecule has 0 saturated carbocycles. The van der Waals surface area contributed by atoms with Gasteiger partial charge in [0.1, 0.15) is 5.75 Å². The van der Waals surface area contributed by atoms with E-state index in [0.29, 0.717) is 16.9 Å². The largest absolute Gasteiger partial charge is 0.573 e. The van der Waals surface area contributed by atoms with Gasteiger partial charge in [-0.25, -0.2) is 13.5 Å². The van der Waals surface area contributed by atoms with Crippen LogP contribution in [0.3, 0.4) is 0 Å². The van der Waals surface area contributed by atoms with E-state index in [1.165, 1.54) is 39.7 Å². The molecule has 2 N–H and O–H groups in total. The fourth-order valence-electron chi connectivity index (χ4n) is 3.53. The van der Waals surface area contributed by atoms with Crippen LogP contribution < -0.4 is 15.5 Å². The van der Waals surface area contributed by atoms with E-state index in [1.54, 1.807) is 25.1 Å². The smallest absolute Gasteiger partial charge is 0.406 e. The molecule has 0 amide bonds. The predicted octanol–water partition coefficient (Wildman–Crippen LogP) is 5.61. The molecule has 0 aliphatic carbocycles. The van der Waals surface area contributed by atoms with Gasteiger partial charge in [0.05, 0.1) is 11.4 Å². The molecule has 0 aliphatic heterocycles. The number of alkyl halides is 3. The molecule has 0 aliphatic rings. The second kappa shape index (κ2) is 10.1. The van der Waals surface area contributed by atoms with Crippen LogP contribution >= 0.6 is 0 Å². The lowest BCUT2D eigenvalue weighted by molar-refractivity contribution is -0.274. The SMILES string of the molecule is Cc1cc(-n2cc(F)c(F)c2)ccc1-n1ccc(=O)c(/C(=C/C=N)Nc2cccc(OC(F)(F)F)c2)n1.